The molecular weight excluding hydrogens is 562 g/mol. The Morgan fingerprint density at radius 2 is 1.56 bits per heavy atom. The third-order valence-electron chi connectivity index (χ3n) is 7.43. The van der Waals surface area contributed by atoms with Crippen LogP contribution in [0.2, 0.25) is 0 Å². The molecule has 0 atom stereocenters. The predicted octanol–water partition coefficient (Wildman–Crippen LogP) is 6.52. The number of ether oxygens (including phenoxy) is 2. The zero-order valence-electron chi connectivity index (χ0n) is 25.1. The first-order valence-electron chi connectivity index (χ1n) is 14.4. The van der Waals surface area contributed by atoms with Crippen LogP contribution in [-0.2, 0) is 19.5 Å². The molecule has 0 aliphatic rings. The van der Waals surface area contributed by atoms with E-state index < -0.39 is 0 Å². The molecule has 9 nitrogen and oxygen atoms in total. The summed E-state index contributed by atoms with van der Waals surface area (Å²) < 4.78 is 12.6. The molecule has 0 bridgehead atoms. The van der Waals surface area contributed by atoms with Gasteiger partial charge in [0, 0.05) is 30.5 Å². The van der Waals surface area contributed by atoms with Gasteiger partial charge >= 0.3 is 0 Å². The molecular formula is C36H31N7O2. The molecule has 0 aliphatic carbocycles. The van der Waals surface area contributed by atoms with Crippen LogP contribution in [0, 0.1) is 11.3 Å². The number of nitrogens with zero attached hydrogens (tertiary/aromatic N) is 7. The van der Waals surface area contributed by atoms with Gasteiger partial charge in [-0.1, -0.05) is 49.0 Å². The van der Waals surface area contributed by atoms with Gasteiger partial charge in [0.1, 0.15) is 11.5 Å². The first kappa shape index (κ1) is 29.1. The number of aromatic nitrogens is 5. The highest BCUT2D eigenvalue weighted by Gasteiger charge is 2.23. The van der Waals surface area contributed by atoms with Gasteiger partial charge in [-0.25, -0.2) is 14.5 Å². The summed E-state index contributed by atoms with van der Waals surface area (Å²) in [6.07, 6.45) is 3.95. The summed E-state index contributed by atoms with van der Waals surface area (Å²) in [6, 6.07) is 31.4. The SMILES string of the molecule is C=Cc1c(-c2cccc(C#N)c2)nc(N(Cc2ccc(OC)cc2)Cc2ccc(OC)cc2)c2nc(Cc3ccccn3)nn12. The van der Waals surface area contributed by atoms with Gasteiger partial charge < -0.3 is 14.4 Å². The highest BCUT2D eigenvalue weighted by Crippen LogP contribution is 2.32. The highest BCUT2D eigenvalue weighted by molar-refractivity contribution is 5.77. The van der Waals surface area contributed by atoms with Crippen molar-refractivity contribution in [2.24, 2.45) is 0 Å². The average molecular weight is 594 g/mol. The van der Waals surface area contributed by atoms with Crippen molar-refractivity contribution in [1.29, 1.82) is 5.26 Å². The molecule has 0 saturated carbocycles. The minimum Gasteiger partial charge on any atom is -0.497 e. The van der Waals surface area contributed by atoms with Crippen molar-refractivity contribution in [3.8, 4) is 28.8 Å². The Morgan fingerprint density at radius 1 is 0.867 bits per heavy atom. The summed E-state index contributed by atoms with van der Waals surface area (Å²) in [7, 11) is 3.31. The Labute approximate surface area is 261 Å². The van der Waals surface area contributed by atoms with Gasteiger partial charge in [-0.05, 0) is 65.7 Å². The summed E-state index contributed by atoms with van der Waals surface area (Å²) in [4.78, 5) is 16.9. The average Bonchev–Trinajstić information content (AvgIpc) is 3.51. The molecule has 222 valence electrons. The lowest BCUT2D eigenvalue weighted by Crippen LogP contribution is -2.25. The maximum Gasteiger partial charge on any atom is 0.199 e. The fourth-order valence-corrected chi connectivity index (χ4v) is 5.17. The molecule has 6 aromatic rings. The molecule has 0 N–H and O–H groups in total. The second-order valence-electron chi connectivity index (χ2n) is 10.4. The molecule has 0 unspecified atom stereocenters. The van der Waals surface area contributed by atoms with Crippen LogP contribution in [0.15, 0.2) is 104 Å². The molecule has 0 spiro atoms. The smallest absolute Gasteiger partial charge is 0.199 e. The first-order valence-corrected chi connectivity index (χ1v) is 14.4. The number of rotatable bonds is 11. The number of pyridine rings is 1. The molecule has 9 heteroatoms. The lowest BCUT2D eigenvalue weighted by molar-refractivity contribution is 0.414. The van der Waals surface area contributed by atoms with E-state index in [1.165, 1.54) is 0 Å². The third-order valence-corrected chi connectivity index (χ3v) is 7.43. The Balaban J connectivity index is 1.55. The fourth-order valence-electron chi connectivity index (χ4n) is 5.17. The van der Waals surface area contributed by atoms with Crippen molar-refractivity contribution in [2.75, 3.05) is 19.1 Å². The number of methoxy groups -OCH3 is 2. The normalized spacial score (nSPS) is 10.8. The van der Waals surface area contributed by atoms with Gasteiger partial charge in [-0.15, -0.1) is 0 Å². The summed E-state index contributed by atoms with van der Waals surface area (Å²) in [6.45, 7) is 5.17. The van der Waals surface area contributed by atoms with Gasteiger partial charge in [0.15, 0.2) is 17.3 Å². The second-order valence-corrected chi connectivity index (χ2v) is 10.4. The van der Waals surface area contributed by atoms with E-state index in [0.717, 1.165) is 33.9 Å². The predicted molar refractivity (Wildman–Crippen MR) is 174 cm³/mol. The van der Waals surface area contributed by atoms with Gasteiger partial charge in [0.25, 0.3) is 0 Å². The van der Waals surface area contributed by atoms with Crippen molar-refractivity contribution in [2.45, 2.75) is 19.5 Å². The van der Waals surface area contributed by atoms with Crippen LogP contribution in [-0.4, -0.2) is 38.8 Å². The van der Waals surface area contributed by atoms with Gasteiger partial charge in [0.05, 0.1) is 43.7 Å². The lowest BCUT2D eigenvalue weighted by Gasteiger charge is -2.26. The minimum atomic E-state index is 0.453. The van der Waals surface area contributed by atoms with Crippen LogP contribution in [0.5, 0.6) is 11.5 Å². The fraction of sp³-hybridized carbons (Fsp3) is 0.139. The molecule has 0 aliphatic heterocycles. The van der Waals surface area contributed by atoms with E-state index in [1.807, 2.05) is 84.9 Å². The van der Waals surface area contributed by atoms with E-state index in [0.29, 0.717) is 53.8 Å². The van der Waals surface area contributed by atoms with Crippen LogP contribution >= 0.6 is 0 Å². The Kier molecular flexibility index (Phi) is 8.47. The van der Waals surface area contributed by atoms with E-state index in [9.17, 15) is 5.26 Å². The monoisotopic (exact) mass is 593 g/mol. The van der Waals surface area contributed by atoms with Crippen molar-refractivity contribution < 1.29 is 9.47 Å². The van der Waals surface area contributed by atoms with Crippen LogP contribution in [0.1, 0.15) is 33.9 Å². The quantitative estimate of drug-likeness (QED) is 0.167. The maximum absolute atomic E-state index is 9.65. The highest BCUT2D eigenvalue weighted by atomic mass is 16.5. The Hall–Kier alpha value is -6.01. The Morgan fingerprint density at radius 3 is 2.13 bits per heavy atom. The summed E-state index contributed by atoms with van der Waals surface area (Å²) in [5.74, 6) is 2.82. The molecule has 0 amide bonds. The van der Waals surface area contributed by atoms with Gasteiger partial charge in [-0.2, -0.15) is 10.4 Å². The zero-order valence-corrected chi connectivity index (χ0v) is 25.1. The number of fused-ring (bicyclic) bond motifs is 1. The van der Waals surface area contributed by atoms with E-state index in [4.69, 9.17) is 24.5 Å². The largest absolute Gasteiger partial charge is 0.497 e. The van der Waals surface area contributed by atoms with Crippen molar-refractivity contribution in [3.63, 3.8) is 0 Å². The molecule has 3 aromatic carbocycles. The zero-order chi connectivity index (χ0) is 31.2. The van der Waals surface area contributed by atoms with Crippen molar-refractivity contribution in [1.82, 2.24) is 24.6 Å². The molecule has 0 saturated heterocycles. The number of hydrogen-bond acceptors (Lipinski definition) is 8. The van der Waals surface area contributed by atoms with Crippen molar-refractivity contribution >= 4 is 17.5 Å². The second kappa shape index (κ2) is 13.1. The number of nitriles is 1. The minimum absolute atomic E-state index is 0.453. The summed E-state index contributed by atoms with van der Waals surface area (Å²) in [5.41, 5.74) is 6.23. The standard InChI is InChI=1S/C36H31N7O2/c1-4-32-34(28-9-7-8-27(20-28)22-37)40-35(36-39-33(41-43(32)36)21-29-10-5-6-19-38-29)42(23-25-11-15-30(44-2)16-12-25)24-26-13-17-31(45-3)18-14-26/h4-20H,1,21,23-24H2,2-3H3. The first-order chi connectivity index (χ1) is 22.1. The van der Waals surface area contributed by atoms with Gasteiger partial charge in [-0.3, -0.25) is 4.98 Å². The Bertz CT molecular complexity index is 1930. The molecule has 0 radical (unpaired) electrons. The van der Waals surface area contributed by atoms with E-state index in [1.54, 1.807) is 37.1 Å². The van der Waals surface area contributed by atoms with Crippen LogP contribution in [0.4, 0.5) is 5.82 Å². The molecule has 3 heterocycles. The number of benzene rings is 3. The molecule has 0 fully saturated rings. The van der Waals surface area contributed by atoms with E-state index in [2.05, 4.69) is 22.5 Å². The maximum atomic E-state index is 9.65. The topological polar surface area (TPSA) is 101 Å². The third kappa shape index (κ3) is 6.36. The summed E-state index contributed by atoms with van der Waals surface area (Å²) >= 11 is 0. The number of anilines is 1. The van der Waals surface area contributed by atoms with E-state index in [-0.39, 0.29) is 0 Å². The van der Waals surface area contributed by atoms with Crippen molar-refractivity contribution in [3.05, 3.63) is 138 Å². The van der Waals surface area contributed by atoms with Crippen LogP contribution < -0.4 is 14.4 Å². The molecule has 45 heavy (non-hydrogen) atoms. The van der Waals surface area contributed by atoms with Crippen LogP contribution in [0.3, 0.4) is 0 Å². The lowest BCUT2D eigenvalue weighted by atomic mass is 10.1. The van der Waals surface area contributed by atoms with E-state index >= 15 is 0 Å². The molecule has 3 aromatic heterocycles. The van der Waals surface area contributed by atoms with Gasteiger partial charge in [0.2, 0.25) is 0 Å². The molecule has 6 rings (SSSR count). The number of hydrogen-bond donors (Lipinski definition) is 0. The van der Waals surface area contributed by atoms with Crippen LogP contribution in [0.25, 0.3) is 23.0 Å². The summed E-state index contributed by atoms with van der Waals surface area (Å²) in [5, 5.41) is 14.6.